The van der Waals surface area contributed by atoms with Crippen LogP contribution < -0.4 is 9.91 Å². The number of hydrogen-bond acceptors (Lipinski definition) is 3. The Morgan fingerprint density at radius 2 is 1.41 bits per heavy atom. The highest BCUT2D eigenvalue weighted by molar-refractivity contribution is 6.22. The molecule has 3 aliphatic rings. The van der Waals surface area contributed by atoms with Gasteiger partial charge >= 0.3 is 0 Å². The van der Waals surface area contributed by atoms with Crippen LogP contribution in [-0.2, 0) is 5.41 Å². The molecule has 1 unspecified atom stereocenters. The molecule has 0 fully saturated rings. The number of para-hydroxylation sites is 1. The summed E-state index contributed by atoms with van der Waals surface area (Å²) in [5, 5.41) is 7.53. The van der Waals surface area contributed by atoms with Crippen molar-refractivity contribution in [3.05, 3.63) is 82.9 Å². The second-order valence-electron chi connectivity index (χ2n) is 10.6. The van der Waals surface area contributed by atoms with Gasteiger partial charge in [-0.3, -0.25) is 4.90 Å². The van der Waals surface area contributed by atoms with E-state index in [1.165, 1.54) is 39.1 Å². The summed E-state index contributed by atoms with van der Waals surface area (Å²) in [5.74, 6) is 2.06. The normalized spacial score (nSPS) is 18.5. The van der Waals surface area contributed by atoms with Crippen LogP contribution in [0.15, 0.2) is 65.8 Å². The molecule has 3 aliphatic heterocycles. The summed E-state index contributed by atoms with van der Waals surface area (Å²) >= 11 is 0. The van der Waals surface area contributed by atoms with E-state index in [0.29, 0.717) is 11.8 Å². The quantitative estimate of drug-likeness (QED) is 0.399. The summed E-state index contributed by atoms with van der Waals surface area (Å²) in [4.78, 5) is 2.52. The van der Waals surface area contributed by atoms with E-state index < -0.39 is 0 Å². The third-order valence-electron chi connectivity index (χ3n) is 7.55. The van der Waals surface area contributed by atoms with Crippen molar-refractivity contribution >= 4 is 17.2 Å². The first-order valence-corrected chi connectivity index (χ1v) is 12.8. The molecule has 3 aromatic carbocycles. The number of benzene rings is 3. The first-order valence-electron chi connectivity index (χ1n) is 12.8. The Hall–Kier alpha value is -3.07. The molecule has 0 aromatic heterocycles. The van der Waals surface area contributed by atoms with Gasteiger partial charge in [0.2, 0.25) is 0 Å². The fraction of sp³-hybridized carbons (Fsp3) is 0.387. The van der Waals surface area contributed by atoms with Gasteiger partial charge in [0.15, 0.2) is 5.84 Å². The summed E-state index contributed by atoms with van der Waals surface area (Å²) in [7, 11) is 0. The van der Waals surface area contributed by atoms with Crippen LogP contribution in [0.1, 0.15) is 89.5 Å². The molecule has 0 saturated heterocycles. The fourth-order valence-corrected chi connectivity index (χ4v) is 5.68. The van der Waals surface area contributed by atoms with Crippen LogP contribution in [-0.4, -0.2) is 12.0 Å². The molecule has 1 atom stereocenters. The molecule has 6 rings (SSSR count). The number of rotatable bonds is 3. The van der Waals surface area contributed by atoms with Gasteiger partial charge in [0.05, 0.1) is 11.4 Å². The van der Waals surface area contributed by atoms with Gasteiger partial charge in [-0.2, -0.15) is 5.10 Å². The second kappa shape index (κ2) is 8.01. The van der Waals surface area contributed by atoms with Crippen molar-refractivity contribution in [2.24, 2.45) is 5.10 Å². The number of nitrogens with zero attached hydrogens (tertiary/aromatic N) is 3. The van der Waals surface area contributed by atoms with Crippen molar-refractivity contribution in [2.75, 3.05) is 9.91 Å². The monoisotopic (exact) mass is 451 g/mol. The summed E-state index contributed by atoms with van der Waals surface area (Å²) in [6.07, 6.45) is 0.131. The van der Waals surface area contributed by atoms with Crippen LogP contribution in [0.5, 0.6) is 0 Å². The zero-order valence-corrected chi connectivity index (χ0v) is 21.8. The Labute approximate surface area is 205 Å². The lowest BCUT2D eigenvalue weighted by molar-refractivity contribution is 0.437. The molecule has 0 aliphatic carbocycles. The Morgan fingerprint density at radius 1 is 0.765 bits per heavy atom. The van der Waals surface area contributed by atoms with Crippen LogP contribution in [0.3, 0.4) is 0 Å². The van der Waals surface area contributed by atoms with Crippen LogP contribution in [0.2, 0.25) is 0 Å². The van der Waals surface area contributed by atoms with Gasteiger partial charge in [0.1, 0.15) is 6.17 Å². The Balaban J connectivity index is 0.00000117. The number of amidine groups is 1. The highest BCUT2D eigenvalue weighted by Gasteiger charge is 2.56. The Kier molecular flexibility index (Phi) is 5.35. The number of anilines is 2. The molecular formula is C31H37N3. The zero-order chi connectivity index (χ0) is 24.4. The molecule has 0 N–H and O–H groups in total. The van der Waals surface area contributed by atoms with E-state index in [-0.39, 0.29) is 11.6 Å². The maximum atomic E-state index is 5.28. The standard InChI is InChI=1S/C29H31N3.C2H6/c1-17(2)19-12-13-22-23-15-20(18(3)4)16-25-26(23)31-27(24(22)14-19)30-32(28(31)29(25,5)6)21-10-8-7-9-11-21;1-2/h7-18,28H,1-6H3;1-2H3. The number of hydrazone groups is 1. The molecule has 3 nitrogen and oxygen atoms in total. The average molecular weight is 452 g/mol. The van der Waals surface area contributed by atoms with Gasteiger partial charge in [-0.1, -0.05) is 91.8 Å². The maximum Gasteiger partial charge on any atom is 0.163 e. The van der Waals surface area contributed by atoms with E-state index in [1.807, 2.05) is 13.8 Å². The highest BCUT2D eigenvalue weighted by atomic mass is 15.6. The van der Waals surface area contributed by atoms with E-state index in [2.05, 4.69) is 112 Å². The van der Waals surface area contributed by atoms with Gasteiger partial charge < -0.3 is 0 Å². The largest absolute Gasteiger partial charge is 0.300 e. The molecule has 176 valence electrons. The molecule has 0 bridgehead atoms. The maximum absolute atomic E-state index is 5.28. The topological polar surface area (TPSA) is 18.8 Å². The Morgan fingerprint density at radius 3 is 2.06 bits per heavy atom. The SMILES string of the molecule is CC.CC(C)c1ccc2c(c1)C1=NN(c3ccccc3)C3N1c1c-2cc(C(C)C)cc1C3(C)C. The lowest BCUT2D eigenvalue weighted by atomic mass is 9.80. The molecule has 3 aromatic rings. The first kappa shape index (κ1) is 22.7. The van der Waals surface area contributed by atoms with Crippen molar-refractivity contribution in [3.8, 4) is 11.1 Å². The van der Waals surface area contributed by atoms with Gasteiger partial charge in [-0.05, 0) is 58.4 Å². The smallest absolute Gasteiger partial charge is 0.163 e. The third kappa shape index (κ3) is 3.06. The summed E-state index contributed by atoms with van der Waals surface area (Å²) < 4.78 is 0. The minimum atomic E-state index is -0.0704. The summed E-state index contributed by atoms with van der Waals surface area (Å²) in [6.45, 7) is 17.9. The molecule has 0 amide bonds. The summed E-state index contributed by atoms with van der Waals surface area (Å²) in [5.41, 5.74) is 10.6. The van der Waals surface area contributed by atoms with Gasteiger partial charge in [0.25, 0.3) is 0 Å². The van der Waals surface area contributed by atoms with E-state index in [1.54, 1.807) is 0 Å². The minimum absolute atomic E-state index is 0.0704. The predicted molar refractivity (Wildman–Crippen MR) is 146 cm³/mol. The van der Waals surface area contributed by atoms with Crippen LogP contribution in [0.4, 0.5) is 11.4 Å². The lowest BCUT2D eigenvalue weighted by Crippen LogP contribution is -2.49. The molecule has 3 heterocycles. The molecule has 3 heteroatoms. The van der Waals surface area contributed by atoms with E-state index in [9.17, 15) is 0 Å². The van der Waals surface area contributed by atoms with Gasteiger partial charge in [-0.15, -0.1) is 0 Å². The van der Waals surface area contributed by atoms with Crippen LogP contribution in [0, 0.1) is 0 Å². The molecule has 0 radical (unpaired) electrons. The van der Waals surface area contributed by atoms with Crippen molar-refractivity contribution in [3.63, 3.8) is 0 Å². The highest BCUT2D eigenvalue weighted by Crippen LogP contribution is 2.57. The van der Waals surface area contributed by atoms with Gasteiger partial charge in [0, 0.05) is 16.5 Å². The van der Waals surface area contributed by atoms with Crippen molar-refractivity contribution in [1.82, 2.24) is 0 Å². The first-order chi connectivity index (χ1) is 16.3. The van der Waals surface area contributed by atoms with E-state index >= 15 is 0 Å². The van der Waals surface area contributed by atoms with Crippen LogP contribution in [0.25, 0.3) is 11.1 Å². The third-order valence-corrected chi connectivity index (χ3v) is 7.55. The number of hydrogen-bond donors (Lipinski definition) is 0. The average Bonchev–Trinajstić information content (AvgIpc) is 3.36. The van der Waals surface area contributed by atoms with Crippen LogP contribution >= 0.6 is 0 Å². The summed E-state index contributed by atoms with van der Waals surface area (Å²) in [6, 6.07) is 22.5. The van der Waals surface area contributed by atoms with Crippen molar-refractivity contribution in [2.45, 2.75) is 78.8 Å². The molecule has 34 heavy (non-hydrogen) atoms. The minimum Gasteiger partial charge on any atom is -0.300 e. The number of fused-ring (bicyclic) bond motifs is 3. The lowest BCUT2D eigenvalue weighted by Gasteiger charge is -2.35. The van der Waals surface area contributed by atoms with E-state index in [0.717, 1.165) is 11.5 Å². The molecular weight excluding hydrogens is 414 g/mol. The van der Waals surface area contributed by atoms with E-state index in [4.69, 9.17) is 5.10 Å². The second-order valence-corrected chi connectivity index (χ2v) is 10.6. The fourth-order valence-electron chi connectivity index (χ4n) is 5.68. The Bertz CT molecular complexity index is 1270. The van der Waals surface area contributed by atoms with Crippen molar-refractivity contribution < 1.29 is 0 Å². The van der Waals surface area contributed by atoms with Gasteiger partial charge in [-0.25, -0.2) is 5.01 Å². The predicted octanol–water partition coefficient (Wildman–Crippen LogP) is 8.25. The zero-order valence-electron chi connectivity index (χ0n) is 21.8. The molecule has 0 saturated carbocycles. The molecule has 0 spiro atoms. The van der Waals surface area contributed by atoms with Crippen molar-refractivity contribution in [1.29, 1.82) is 0 Å².